The highest BCUT2D eigenvalue weighted by molar-refractivity contribution is 5.92. The molecular weight excluding hydrogens is 372 g/mol. The Morgan fingerprint density at radius 3 is 2.69 bits per heavy atom. The van der Waals surface area contributed by atoms with Crippen molar-refractivity contribution in [2.24, 2.45) is 5.73 Å². The molecule has 1 atom stereocenters. The summed E-state index contributed by atoms with van der Waals surface area (Å²) < 4.78 is 1.71. The molecule has 1 unspecified atom stereocenters. The van der Waals surface area contributed by atoms with Gasteiger partial charge in [-0.25, -0.2) is 15.0 Å². The number of nitrogens with zero attached hydrogens (tertiary/aromatic N) is 5. The van der Waals surface area contributed by atoms with E-state index < -0.39 is 11.5 Å². The Kier molecular flexibility index (Phi) is 4.39. The fourth-order valence-electron chi connectivity index (χ4n) is 3.47. The van der Waals surface area contributed by atoms with Crippen molar-refractivity contribution in [3.05, 3.63) is 59.8 Å². The Balaban J connectivity index is 1.83. The standard InChI is InChI=1S/C20H20N6O3/c1-12-22-7-9-26(12)16-11-15(17(21)27)23-18(24-16)13-4-3-5-14(10-13)20(29)6-8-25(2)19(20)28/h3-5,7,9-11,29H,6,8H2,1-2H3,(H2,21,27). The molecule has 1 aliphatic heterocycles. The number of imidazole rings is 1. The minimum atomic E-state index is -1.59. The van der Waals surface area contributed by atoms with Crippen LogP contribution in [0.1, 0.15) is 28.3 Å². The van der Waals surface area contributed by atoms with Gasteiger partial charge in [0.15, 0.2) is 11.4 Å². The van der Waals surface area contributed by atoms with Gasteiger partial charge in [-0.3, -0.25) is 14.2 Å². The molecule has 9 heteroatoms. The van der Waals surface area contributed by atoms with Crippen molar-refractivity contribution in [2.75, 3.05) is 13.6 Å². The SMILES string of the molecule is Cc1nccn1-c1cc(C(N)=O)nc(-c2cccc(C3(O)CCN(C)C3=O)c2)n1. The highest BCUT2D eigenvalue weighted by Gasteiger charge is 2.45. The zero-order valence-corrected chi connectivity index (χ0v) is 16.0. The van der Waals surface area contributed by atoms with E-state index in [4.69, 9.17) is 5.73 Å². The van der Waals surface area contributed by atoms with Crippen LogP contribution in [0.5, 0.6) is 0 Å². The third kappa shape index (κ3) is 3.15. The number of hydrogen-bond acceptors (Lipinski definition) is 6. The van der Waals surface area contributed by atoms with E-state index in [1.807, 2.05) is 6.92 Å². The fourth-order valence-corrected chi connectivity index (χ4v) is 3.47. The lowest BCUT2D eigenvalue weighted by Gasteiger charge is -2.21. The number of carbonyl (C=O) groups excluding carboxylic acids is 2. The fraction of sp³-hybridized carbons (Fsp3) is 0.250. The summed E-state index contributed by atoms with van der Waals surface area (Å²) in [5.41, 5.74) is 4.94. The Hall–Kier alpha value is -3.59. The minimum absolute atomic E-state index is 0.0545. The molecule has 3 N–H and O–H groups in total. The summed E-state index contributed by atoms with van der Waals surface area (Å²) in [4.78, 5) is 38.7. The van der Waals surface area contributed by atoms with Gasteiger partial charge in [-0.1, -0.05) is 18.2 Å². The van der Waals surface area contributed by atoms with Gasteiger partial charge in [-0.2, -0.15) is 0 Å². The van der Waals surface area contributed by atoms with Crippen molar-refractivity contribution in [3.8, 4) is 17.2 Å². The summed E-state index contributed by atoms with van der Waals surface area (Å²) >= 11 is 0. The average Bonchev–Trinajstić information content (AvgIpc) is 3.27. The molecular formula is C20H20N6O3. The van der Waals surface area contributed by atoms with Crippen LogP contribution in [0.3, 0.4) is 0 Å². The lowest BCUT2D eigenvalue weighted by atomic mass is 9.91. The number of likely N-dealkylation sites (N-methyl/N-ethyl adjacent to an activating group) is 1. The van der Waals surface area contributed by atoms with E-state index in [0.29, 0.717) is 35.7 Å². The van der Waals surface area contributed by atoms with Crippen molar-refractivity contribution < 1.29 is 14.7 Å². The third-order valence-corrected chi connectivity index (χ3v) is 5.15. The molecule has 1 aromatic carbocycles. The Morgan fingerprint density at radius 2 is 2.07 bits per heavy atom. The van der Waals surface area contributed by atoms with Crippen LogP contribution in [0.25, 0.3) is 17.2 Å². The van der Waals surface area contributed by atoms with Crippen molar-refractivity contribution in [1.29, 1.82) is 0 Å². The number of hydrogen-bond donors (Lipinski definition) is 2. The minimum Gasteiger partial charge on any atom is -0.375 e. The Bertz CT molecular complexity index is 1120. The van der Waals surface area contributed by atoms with Gasteiger partial charge in [0.05, 0.1) is 0 Å². The van der Waals surface area contributed by atoms with E-state index in [9.17, 15) is 14.7 Å². The quantitative estimate of drug-likeness (QED) is 0.676. The monoisotopic (exact) mass is 392 g/mol. The van der Waals surface area contributed by atoms with Crippen LogP contribution in [-0.4, -0.2) is 54.9 Å². The predicted octanol–water partition coefficient (Wildman–Crippen LogP) is 0.786. The normalized spacial score (nSPS) is 19.0. The van der Waals surface area contributed by atoms with Crippen LogP contribution >= 0.6 is 0 Å². The molecule has 1 fully saturated rings. The number of nitrogens with two attached hydrogens (primary N) is 1. The number of primary amides is 1. The summed E-state index contributed by atoms with van der Waals surface area (Å²) in [6.45, 7) is 2.28. The maximum atomic E-state index is 12.4. The van der Waals surface area contributed by atoms with Gasteiger partial charge in [-0.15, -0.1) is 0 Å². The molecule has 9 nitrogen and oxygen atoms in total. The topological polar surface area (TPSA) is 127 Å². The van der Waals surface area contributed by atoms with E-state index in [-0.39, 0.29) is 17.4 Å². The zero-order chi connectivity index (χ0) is 20.8. The summed E-state index contributed by atoms with van der Waals surface area (Å²) in [5.74, 6) is 0.354. The molecule has 2 amide bonds. The maximum absolute atomic E-state index is 12.4. The van der Waals surface area contributed by atoms with Crippen molar-refractivity contribution >= 4 is 11.8 Å². The number of rotatable bonds is 4. The molecule has 0 bridgehead atoms. The number of amides is 2. The van der Waals surface area contributed by atoms with Crippen LogP contribution < -0.4 is 5.73 Å². The molecule has 2 aromatic heterocycles. The van der Waals surface area contributed by atoms with Crippen LogP contribution in [0.2, 0.25) is 0 Å². The highest BCUT2D eigenvalue weighted by atomic mass is 16.3. The second kappa shape index (κ2) is 6.78. The molecule has 1 saturated heterocycles. The van der Waals surface area contributed by atoms with E-state index >= 15 is 0 Å². The van der Waals surface area contributed by atoms with Gasteiger partial charge in [0, 0.05) is 44.0 Å². The van der Waals surface area contributed by atoms with E-state index in [0.717, 1.165) is 0 Å². The second-order valence-electron chi connectivity index (χ2n) is 7.06. The van der Waals surface area contributed by atoms with Crippen molar-refractivity contribution in [1.82, 2.24) is 24.4 Å². The first kappa shape index (κ1) is 18.8. The summed E-state index contributed by atoms with van der Waals surface area (Å²) in [5, 5.41) is 10.9. The summed E-state index contributed by atoms with van der Waals surface area (Å²) in [6, 6.07) is 8.33. The molecule has 1 aliphatic rings. The number of aromatic nitrogens is 4. The van der Waals surface area contributed by atoms with Crippen LogP contribution in [-0.2, 0) is 10.4 Å². The lowest BCUT2D eigenvalue weighted by molar-refractivity contribution is -0.143. The van der Waals surface area contributed by atoms with Crippen LogP contribution in [0, 0.1) is 6.92 Å². The first-order valence-electron chi connectivity index (χ1n) is 9.07. The molecule has 29 heavy (non-hydrogen) atoms. The first-order valence-corrected chi connectivity index (χ1v) is 9.07. The molecule has 4 rings (SSSR count). The number of aryl methyl sites for hydroxylation is 1. The van der Waals surface area contributed by atoms with Crippen LogP contribution in [0.15, 0.2) is 42.7 Å². The molecule has 0 aliphatic carbocycles. The zero-order valence-electron chi connectivity index (χ0n) is 16.0. The van der Waals surface area contributed by atoms with Gasteiger partial charge in [0.2, 0.25) is 0 Å². The molecule has 0 radical (unpaired) electrons. The smallest absolute Gasteiger partial charge is 0.267 e. The Morgan fingerprint density at radius 1 is 1.28 bits per heavy atom. The second-order valence-corrected chi connectivity index (χ2v) is 7.06. The molecule has 3 heterocycles. The predicted molar refractivity (Wildman–Crippen MR) is 104 cm³/mol. The highest BCUT2D eigenvalue weighted by Crippen LogP contribution is 2.34. The van der Waals surface area contributed by atoms with Gasteiger partial charge in [-0.05, 0) is 18.6 Å². The number of likely N-dealkylation sites (tertiary alicyclic amines) is 1. The molecule has 0 spiro atoms. The van der Waals surface area contributed by atoms with Gasteiger partial charge in [0.1, 0.15) is 17.3 Å². The van der Waals surface area contributed by atoms with Gasteiger partial charge < -0.3 is 15.7 Å². The molecule has 0 saturated carbocycles. The van der Waals surface area contributed by atoms with Crippen LogP contribution in [0.4, 0.5) is 0 Å². The lowest BCUT2D eigenvalue weighted by Crippen LogP contribution is -2.36. The van der Waals surface area contributed by atoms with Crippen molar-refractivity contribution in [2.45, 2.75) is 18.9 Å². The summed E-state index contributed by atoms with van der Waals surface area (Å²) in [6.07, 6.45) is 3.64. The van der Waals surface area contributed by atoms with Gasteiger partial charge >= 0.3 is 0 Å². The number of carbonyl (C=O) groups is 2. The van der Waals surface area contributed by atoms with E-state index in [1.54, 1.807) is 48.3 Å². The number of aliphatic hydroxyl groups is 1. The average molecular weight is 392 g/mol. The first-order chi connectivity index (χ1) is 13.8. The van der Waals surface area contributed by atoms with Crippen molar-refractivity contribution in [3.63, 3.8) is 0 Å². The molecule has 148 valence electrons. The maximum Gasteiger partial charge on any atom is 0.267 e. The summed E-state index contributed by atoms with van der Waals surface area (Å²) in [7, 11) is 1.66. The molecule has 3 aromatic rings. The third-order valence-electron chi connectivity index (χ3n) is 5.15. The number of benzene rings is 1. The van der Waals surface area contributed by atoms with Gasteiger partial charge in [0.25, 0.3) is 11.8 Å². The Labute approximate surface area is 166 Å². The largest absolute Gasteiger partial charge is 0.375 e. The van der Waals surface area contributed by atoms with E-state index in [2.05, 4.69) is 15.0 Å². The van der Waals surface area contributed by atoms with E-state index in [1.165, 1.54) is 11.0 Å².